The zero-order chi connectivity index (χ0) is 13.7. The molecule has 1 aliphatic heterocycles. The quantitative estimate of drug-likeness (QED) is 0.708. The van der Waals surface area contributed by atoms with Crippen molar-refractivity contribution in [2.45, 2.75) is 47.5 Å². The topological polar surface area (TPSA) is 37.4 Å². The van der Waals surface area contributed by atoms with Gasteiger partial charge >= 0.3 is 0 Å². The Morgan fingerprint density at radius 1 is 1.11 bits per heavy atom. The maximum absolute atomic E-state index is 12.5. The molecule has 0 radical (unpaired) electrons. The van der Waals surface area contributed by atoms with E-state index in [2.05, 4.69) is 27.7 Å². The molecule has 4 atom stereocenters. The van der Waals surface area contributed by atoms with Gasteiger partial charge in [-0.1, -0.05) is 34.1 Å². The Morgan fingerprint density at radius 2 is 1.67 bits per heavy atom. The third-order valence-electron chi connectivity index (χ3n) is 4.94. The van der Waals surface area contributed by atoms with Gasteiger partial charge in [-0.3, -0.25) is 14.5 Å². The second-order valence-electron chi connectivity index (χ2n) is 6.85. The van der Waals surface area contributed by atoms with Gasteiger partial charge in [0.2, 0.25) is 11.8 Å². The normalized spacial score (nSPS) is 36.4. The number of hydrogen-bond donors (Lipinski definition) is 0. The van der Waals surface area contributed by atoms with Crippen molar-refractivity contribution in [1.82, 2.24) is 4.90 Å². The molecule has 0 aromatic carbocycles. The predicted molar refractivity (Wildman–Crippen MR) is 70.7 cm³/mol. The molecule has 18 heavy (non-hydrogen) atoms. The van der Waals surface area contributed by atoms with Gasteiger partial charge in [-0.2, -0.15) is 0 Å². The van der Waals surface area contributed by atoms with Crippen molar-refractivity contribution in [2.75, 3.05) is 6.54 Å². The van der Waals surface area contributed by atoms with Crippen LogP contribution in [0.25, 0.3) is 0 Å². The molecule has 2 aliphatic rings. The van der Waals surface area contributed by atoms with Gasteiger partial charge < -0.3 is 0 Å². The van der Waals surface area contributed by atoms with Gasteiger partial charge in [-0.15, -0.1) is 0 Å². The monoisotopic (exact) mass is 251 g/mol. The molecular weight excluding hydrogens is 226 g/mol. The van der Waals surface area contributed by atoms with Crippen LogP contribution in [-0.2, 0) is 9.59 Å². The molecule has 0 bridgehead atoms. The second kappa shape index (κ2) is 4.36. The number of likely N-dealkylation sites (tertiary alicyclic amines) is 1. The molecule has 102 valence electrons. The summed E-state index contributed by atoms with van der Waals surface area (Å²) in [4.78, 5) is 26.3. The lowest BCUT2D eigenvalue weighted by Crippen LogP contribution is -2.35. The van der Waals surface area contributed by atoms with Crippen LogP contribution in [0, 0.1) is 29.1 Å². The molecule has 1 saturated carbocycles. The molecule has 3 heteroatoms. The smallest absolute Gasteiger partial charge is 0.233 e. The fraction of sp³-hybridized carbons (Fsp3) is 0.867. The fourth-order valence-corrected chi connectivity index (χ4v) is 3.94. The van der Waals surface area contributed by atoms with E-state index in [0.717, 1.165) is 12.8 Å². The average Bonchev–Trinajstić information content (AvgIpc) is 2.77. The number of carbonyl (C=O) groups excluding carboxylic acids is 2. The van der Waals surface area contributed by atoms with Crippen LogP contribution in [0.5, 0.6) is 0 Å². The first-order valence-corrected chi connectivity index (χ1v) is 7.18. The van der Waals surface area contributed by atoms with E-state index in [1.807, 2.05) is 6.92 Å². The molecule has 2 amide bonds. The lowest BCUT2D eigenvalue weighted by molar-refractivity contribution is -0.141. The SMILES string of the molecule is CCC1CC(C(C)(C)C)C2C(=O)N(CC)C(=O)C12. The second-order valence-corrected chi connectivity index (χ2v) is 6.85. The van der Waals surface area contributed by atoms with E-state index in [-0.39, 0.29) is 29.1 Å². The first-order chi connectivity index (χ1) is 8.32. The van der Waals surface area contributed by atoms with Crippen LogP contribution in [0.15, 0.2) is 0 Å². The fourth-order valence-electron chi connectivity index (χ4n) is 3.94. The average molecular weight is 251 g/mol. The largest absolute Gasteiger partial charge is 0.282 e. The van der Waals surface area contributed by atoms with Crippen LogP contribution in [0.4, 0.5) is 0 Å². The Kier molecular flexibility index (Phi) is 3.28. The molecule has 2 fully saturated rings. The maximum atomic E-state index is 12.5. The number of nitrogens with zero attached hydrogens (tertiary/aromatic N) is 1. The molecule has 1 saturated heterocycles. The third kappa shape index (κ3) is 1.79. The minimum atomic E-state index is -0.0533. The first-order valence-electron chi connectivity index (χ1n) is 7.18. The van der Waals surface area contributed by atoms with Crippen molar-refractivity contribution in [2.24, 2.45) is 29.1 Å². The molecule has 1 heterocycles. The standard InChI is InChI=1S/C15H25NO2/c1-6-9-8-10(15(3,4)5)12-11(9)13(17)16(7-2)14(12)18/h9-12H,6-8H2,1-5H3. The van der Waals surface area contributed by atoms with Crippen LogP contribution in [-0.4, -0.2) is 23.3 Å². The van der Waals surface area contributed by atoms with Crippen molar-refractivity contribution in [3.8, 4) is 0 Å². The highest BCUT2D eigenvalue weighted by atomic mass is 16.2. The van der Waals surface area contributed by atoms with Crippen molar-refractivity contribution in [1.29, 1.82) is 0 Å². The van der Waals surface area contributed by atoms with E-state index in [4.69, 9.17) is 0 Å². The summed E-state index contributed by atoms with van der Waals surface area (Å²) in [6.45, 7) is 11.1. The summed E-state index contributed by atoms with van der Waals surface area (Å²) in [5.41, 5.74) is 0.104. The summed E-state index contributed by atoms with van der Waals surface area (Å²) in [5.74, 6) is 0.830. The maximum Gasteiger partial charge on any atom is 0.233 e. The molecule has 0 spiro atoms. The van der Waals surface area contributed by atoms with Crippen molar-refractivity contribution < 1.29 is 9.59 Å². The molecular formula is C15H25NO2. The van der Waals surface area contributed by atoms with Crippen LogP contribution < -0.4 is 0 Å². The number of rotatable bonds is 2. The van der Waals surface area contributed by atoms with E-state index < -0.39 is 0 Å². The number of imide groups is 1. The van der Waals surface area contributed by atoms with Crippen LogP contribution in [0.2, 0.25) is 0 Å². The Hall–Kier alpha value is -0.860. The molecule has 0 N–H and O–H groups in total. The molecule has 4 unspecified atom stereocenters. The van der Waals surface area contributed by atoms with Gasteiger partial charge in [0.15, 0.2) is 0 Å². The summed E-state index contributed by atoms with van der Waals surface area (Å²) in [5, 5.41) is 0. The van der Waals surface area contributed by atoms with Crippen molar-refractivity contribution >= 4 is 11.8 Å². The van der Waals surface area contributed by atoms with Gasteiger partial charge in [0, 0.05) is 6.54 Å². The molecule has 1 aliphatic carbocycles. The molecule has 0 aromatic rings. The highest BCUT2D eigenvalue weighted by Gasteiger charge is 2.59. The van der Waals surface area contributed by atoms with E-state index in [1.165, 1.54) is 4.90 Å². The molecule has 3 nitrogen and oxygen atoms in total. The zero-order valence-corrected chi connectivity index (χ0v) is 12.2. The van der Waals surface area contributed by atoms with Gasteiger partial charge in [-0.05, 0) is 30.6 Å². The Morgan fingerprint density at radius 3 is 2.11 bits per heavy atom. The van der Waals surface area contributed by atoms with E-state index in [0.29, 0.717) is 18.4 Å². The minimum Gasteiger partial charge on any atom is -0.282 e. The highest BCUT2D eigenvalue weighted by molar-refractivity contribution is 6.05. The summed E-state index contributed by atoms with van der Waals surface area (Å²) >= 11 is 0. The summed E-state index contributed by atoms with van der Waals surface area (Å²) in [6.07, 6.45) is 2.04. The third-order valence-corrected chi connectivity index (χ3v) is 4.94. The van der Waals surface area contributed by atoms with Crippen LogP contribution in [0.3, 0.4) is 0 Å². The minimum absolute atomic E-state index is 0.0355. The van der Waals surface area contributed by atoms with Gasteiger partial charge in [0.05, 0.1) is 11.8 Å². The van der Waals surface area contributed by atoms with E-state index >= 15 is 0 Å². The summed E-state index contributed by atoms with van der Waals surface area (Å²) < 4.78 is 0. The van der Waals surface area contributed by atoms with Gasteiger partial charge in [0.25, 0.3) is 0 Å². The number of hydrogen-bond acceptors (Lipinski definition) is 2. The Balaban J connectivity index is 2.37. The van der Waals surface area contributed by atoms with E-state index in [1.54, 1.807) is 0 Å². The van der Waals surface area contributed by atoms with Gasteiger partial charge in [0.1, 0.15) is 0 Å². The highest BCUT2D eigenvalue weighted by Crippen LogP contribution is 2.54. The molecule has 2 rings (SSSR count). The molecule has 0 aromatic heterocycles. The first kappa shape index (κ1) is 13.6. The summed E-state index contributed by atoms with van der Waals surface area (Å²) in [7, 11) is 0. The number of carbonyl (C=O) groups is 2. The lowest BCUT2D eigenvalue weighted by atomic mass is 9.74. The van der Waals surface area contributed by atoms with Gasteiger partial charge in [-0.25, -0.2) is 0 Å². The lowest BCUT2D eigenvalue weighted by Gasteiger charge is -2.31. The Bertz CT molecular complexity index is 369. The van der Waals surface area contributed by atoms with Crippen molar-refractivity contribution in [3.63, 3.8) is 0 Å². The predicted octanol–water partition coefficient (Wildman–Crippen LogP) is 2.70. The number of amides is 2. The van der Waals surface area contributed by atoms with E-state index in [9.17, 15) is 9.59 Å². The van der Waals surface area contributed by atoms with Crippen LogP contribution in [0.1, 0.15) is 47.5 Å². The Labute approximate surface area is 110 Å². The summed E-state index contributed by atoms with van der Waals surface area (Å²) in [6, 6.07) is 0. The van der Waals surface area contributed by atoms with Crippen LogP contribution >= 0.6 is 0 Å². The number of fused-ring (bicyclic) bond motifs is 1. The zero-order valence-electron chi connectivity index (χ0n) is 12.2. The van der Waals surface area contributed by atoms with Crippen molar-refractivity contribution in [3.05, 3.63) is 0 Å².